The van der Waals surface area contributed by atoms with Gasteiger partial charge in [-0.2, -0.15) is 5.10 Å². The summed E-state index contributed by atoms with van der Waals surface area (Å²) < 4.78 is 7.44. The highest BCUT2D eigenvalue weighted by Gasteiger charge is 2.34. The van der Waals surface area contributed by atoms with E-state index in [-0.39, 0.29) is 6.04 Å². The number of morpholine rings is 1. The van der Waals surface area contributed by atoms with Crippen molar-refractivity contribution in [2.75, 3.05) is 42.6 Å². The average Bonchev–Trinajstić information content (AvgIpc) is 3.47. The molecule has 2 aliphatic rings. The molecular weight excluding hydrogens is 392 g/mol. The lowest BCUT2D eigenvalue weighted by molar-refractivity contribution is 0.122. The van der Waals surface area contributed by atoms with E-state index in [1.807, 2.05) is 16.8 Å². The number of pyridine rings is 1. The number of nitrogens with zero attached hydrogens (tertiary/aromatic N) is 7. The largest absolute Gasteiger partial charge is 0.378 e. The summed E-state index contributed by atoms with van der Waals surface area (Å²) in [6.07, 6.45) is 6.31. The first-order valence-corrected chi connectivity index (χ1v) is 10.7. The fraction of sp³-hybridized carbons (Fsp3) is 0.364. The van der Waals surface area contributed by atoms with Crippen LogP contribution in [0.5, 0.6) is 0 Å². The zero-order valence-corrected chi connectivity index (χ0v) is 17.4. The second-order valence-corrected chi connectivity index (χ2v) is 8.04. The van der Waals surface area contributed by atoms with Crippen LogP contribution in [0.2, 0.25) is 0 Å². The number of H-pyrrole nitrogens is 1. The Morgan fingerprint density at radius 3 is 2.81 bits per heavy atom. The summed E-state index contributed by atoms with van der Waals surface area (Å²) in [5.41, 5.74) is 5.45. The number of anilines is 2. The van der Waals surface area contributed by atoms with Gasteiger partial charge in [0.2, 0.25) is 0 Å². The summed E-state index contributed by atoms with van der Waals surface area (Å²) in [6, 6.07) is 8.27. The first-order valence-electron chi connectivity index (χ1n) is 10.7. The maximum Gasteiger partial charge on any atom is 0.134 e. The first-order chi connectivity index (χ1) is 15.3. The molecule has 9 heteroatoms. The zero-order chi connectivity index (χ0) is 20.8. The third-order valence-electron chi connectivity index (χ3n) is 6.20. The van der Waals surface area contributed by atoms with E-state index >= 15 is 0 Å². The molecule has 0 radical (unpaired) electrons. The van der Waals surface area contributed by atoms with Crippen molar-refractivity contribution in [3.05, 3.63) is 65.8 Å². The van der Waals surface area contributed by atoms with Gasteiger partial charge in [-0.25, -0.2) is 19.5 Å². The van der Waals surface area contributed by atoms with Crippen LogP contribution in [0.3, 0.4) is 0 Å². The molecule has 2 aliphatic heterocycles. The Balaban J connectivity index is 1.44. The summed E-state index contributed by atoms with van der Waals surface area (Å²) in [4.78, 5) is 21.7. The predicted octanol–water partition coefficient (Wildman–Crippen LogP) is 2.14. The molecule has 0 bridgehead atoms. The standard InChI is InChI=1S/C22H24N8O/c1-15-3-2-5-30-18(15)11-17(27-30)22-21-16(23-13-26-21)4-6-29(22)20-12-19(24-14-25-20)28-7-9-31-10-8-28/h2-3,5,11-14,22H,4,6-10H2,1H3,(H,23,26). The lowest BCUT2D eigenvalue weighted by Crippen LogP contribution is -2.39. The van der Waals surface area contributed by atoms with Crippen molar-refractivity contribution in [3.8, 4) is 0 Å². The van der Waals surface area contributed by atoms with Crippen LogP contribution in [-0.2, 0) is 11.2 Å². The molecule has 6 rings (SSSR count). The van der Waals surface area contributed by atoms with Crippen molar-refractivity contribution in [1.82, 2.24) is 29.5 Å². The number of rotatable bonds is 3. The van der Waals surface area contributed by atoms with Gasteiger partial charge in [-0.1, -0.05) is 6.07 Å². The Bertz CT molecular complexity index is 1230. The van der Waals surface area contributed by atoms with Gasteiger partial charge in [-0.15, -0.1) is 0 Å². The van der Waals surface area contributed by atoms with Gasteiger partial charge in [0, 0.05) is 44.0 Å². The summed E-state index contributed by atoms with van der Waals surface area (Å²) >= 11 is 0. The van der Waals surface area contributed by atoms with E-state index in [0.717, 1.165) is 73.5 Å². The van der Waals surface area contributed by atoms with E-state index in [1.165, 1.54) is 5.56 Å². The molecule has 1 N–H and O–H groups in total. The number of aryl methyl sites for hydroxylation is 1. The molecule has 4 aromatic heterocycles. The van der Waals surface area contributed by atoms with E-state index in [2.05, 4.69) is 54.9 Å². The van der Waals surface area contributed by atoms with Crippen molar-refractivity contribution in [2.24, 2.45) is 0 Å². The van der Waals surface area contributed by atoms with Crippen molar-refractivity contribution in [1.29, 1.82) is 0 Å². The first kappa shape index (κ1) is 18.3. The van der Waals surface area contributed by atoms with E-state index in [0.29, 0.717) is 0 Å². The lowest BCUT2D eigenvalue weighted by atomic mass is 9.99. The molecular formula is C22H24N8O. The summed E-state index contributed by atoms with van der Waals surface area (Å²) in [6.45, 7) is 6.07. The summed E-state index contributed by atoms with van der Waals surface area (Å²) in [7, 11) is 0. The van der Waals surface area contributed by atoms with E-state index in [1.54, 1.807) is 12.7 Å². The molecule has 6 heterocycles. The van der Waals surface area contributed by atoms with E-state index in [9.17, 15) is 0 Å². The molecule has 0 saturated carbocycles. The molecule has 4 aromatic rings. The fourth-order valence-corrected chi connectivity index (χ4v) is 4.59. The zero-order valence-electron chi connectivity index (χ0n) is 17.4. The summed E-state index contributed by atoms with van der Waals surface area (Å²) in [5, 5.41) is 4.91. The summed E-state index contributed by atoms with van der Waals surface area (Å²) in [5.74, 6) is 1.83. The normalized spacial score (nSPS) is 19.1. The third kappa shape index (κ3) is 3.12. The number of aromatic amines is 1. The molecule has 158 valence electrons. The van der Waals surface area contributed by atoms with E-state index < -0.39 is 0 Å². The molecule has 1 saturated heterocycles. The van der Waals surface area contributed by atoms with Crippen LogP contribution < -0.4 is 9.80 Å². The van der Waals surface area contributed by atoms with Crippen molar-refractivity contribution >= 4 is 17.2 Å². The van der Waals surface area contributed by atoms with Gasteiger partial charge in [0.15, 0.2) is 0 Å². The number of hydrogen-bond acceptors (Lipinski definition) is 7. The van der Waals surface area contributed by atoms with E-state index in [4.69, 9.17) is 9.84 Å². The Hall–Kier alpha value is -3.46. The molecule has 1 unspecified atom stereocenters. The van der Waals surface area contributed by atoms with Crippen LogP contribution in [0.4, 0.5) is 11.6 Å². The van der Waals surface area contributed by atoms with Crippen molar-refractivity contribution in [2.45, 2.75) is 19.4 Å². The average molecular weight is 416 g/mol. The maximum atomic E-state index is 5.49. The number of ether oxygens (including phenoxy) is 1. The van der Waals surface area contributed by atoms with Gasteiger partial charge >= 0.3 is 0 Å². The molecule has 0 amide bonds. The maximum absolute atomic E-state index is 5.49. The number of imidazole rings is 1. The number of nitrogens with one attached hydrogen (secondary N) is 1. The highest BCUT2D eigenvalue weighted by atomic mass is 16.5. The Kier molecular flexibility index (Phi) is 4.34. The lowest BCUT2D eigenvalue weighted by Gasteiger charge is -2.35. The van der Waals surface area contributed by atoms with Gasteiger partial charge in [0.25, 0.3) is 0 Å². The van der Waals surface area contributed by atoms with Crippen LogP contribution in [0.1, 0.15) is 28.7 Å². The van der Waals surface area contributed by atoms with Gasteiger partial charge in [0.1, 0.15) is 24.0 Å². The van der Waals surface area contributed by atoms with Crippen LogP contribution >= 0.6 is 0 Å². The number of aromatic nitrogens is 6. The van der Waals surface area contributed by atoms with Crippen molar-refractivity contribution in [3.63, 3.8) is 0 Å². The molecule has 0 aliphatic carbocycles. The Morgan fingerprint density at radius 2 is 1.94 bits per heavy atom. The molecule has 9 nitrogen and oxygen atoms in total. The molecule has 1 fully saturated rings. The number of fused-ring (bicyclic) bond motifs is 2. The van der Waals surface area contributed by atoms with Crippen molar-refractivity contribution < 1.29 is 4.74 Å². The Labute approximate surface area is 179 Å². The smallest absolute Gasteiger partial charge is 0.134 e. The van der Waals surface area contributed by atoms with Crippen LogP contribution in [0.15, 0.2) is 43.1 Å². The SMILES string of the molecule is Cc1cccn2nc(C3c4nc[nH]c4CCN3c3cc(N4CCOCC4)ncn3)cc12. The van der Waals surface area contributed by atoms with Crippen LogP contribution in [-0.4, -0.2) is 62.4 Å². The molecule has 31 heavy (non-hydrogen) atoms. The monoisotopic (exact) mass is 416 g/mol. The third-order valence-corrected chi connectivity index (χ3v) is 6.20. The van der Waals surface area contributed by atoms with Gasteiger partial charge < -0.3 is 19.5 Å². The van der Waals surface area contributed by atoms with Gasteiger partial charge in [-0.05, 0) is 24.6 Å². The molecule has 0 spiro atoms. The minimum Gasteiger partial charge on any atom is -0.378 e. The second-order valence-electron chi connectivity index (χ2n) is 8.04. The predicted molar refractivity (Wildman–Crippen MR) is 116 cm³/mol. The molecule has 0 aromatic carbocycles. The highest BCUT2D eigenvalue weighted by molar-refractivity contribution is 5.59. The number of hydrogen-bond donors (Lipinski definition) is 1. The fourth-order valence-electron chi connectivity index (χ4n) is 4.59. The molecule has 1 atom stereocenters. The highest BCUT2D eigenvalue weighted by Crippen LogP contribution is 2.36. The second kappa shape index (κ2) is 7.35. The van der Waals surface area contributed by atoms with Crippen LogP contribution in [0, 0.1) is 6.92 Å². The van der Waals surface area contributed by atoms with Crippen LogP contribution in [0.25, 0.3) is 5.52 Å². The minimum absolute atomic E-state index is 0.110. The quantitative estimate of drug-likeness (QED) is 0.547. The van der Waals surface area contributed by atoms with Gasteiger partial charge in [0.05, 0.1) is 36.4 Å². The topological polar surface area (TPSA) is 87.5 Å². The van der Waals surface area contributed by atoms with Gasteiger partial charge in [-0.3, -0.25) is 0 Å². The Morgan fingerprint density at radius 1 is 1.06 bits per heavy atom. The minimum atomic E-state index is -0.110.